The Morgan fingerprint density at radius 2 is 2.06 bits per heavy atom. The second-order valence-corrected chi connectivity index (χ2v) is 4.18. The quantitative estimate of drug-likeness (QED) is 0.772. The number of hydrogen-bond donors (Lipinski definition) is 1. The molecule has 2 heteroatoms. The molecule has 0 heterocycles. The van der Waals surface area contributed by atoms with Crippen LogP contribution in [0.25, 0.3) is 0 Å². The molecule has 0 fully saturated rings. The van der Waals surface area contributed by atoms with Gasteiger partial charge in [0.25, 0.3) is 0 Å². The van der Waals surface area contributed by atoms with Gasteiger partial charge in [-0.15, -0.1) is 0 Å². The number of carbonyl (C=O) groups is 1. The van der Waals surface area contributed by atoms with Crippen LogP contribution in [-0.4, -0.2) is 5.91 Å². The Kier molecular flexibility index (Phi) is 3.76. The Bertz CT molecular complexity index is 370. The van der Waals surface area contributed by atoms with Gasteiger partial charge in [-0.1, -0.05) is 42.5 Å². The zero-order chi connectivity index (χ0) is 11.2. The molecular formula is C14H17NO. The van der Waals surface area contributed by atoms with Gasteiger partial charge in [-0.3, -0.25) is 4.79 Å². The molecule has 1 aliphatic carbocycles. The minimum absolute atomic E-state index is 0.175. The van der Waals surface area contributed by atoms with E-state index in [2.05, 4.69) is 17.5 Å². The van der Waals surface area contributed by atoms with Gasteiger partial charge in [0.1, 0.15) is 0 Å². The van der Waals surface area contributed by atoms with Crippen molar-refractivity contribution in [1.82, 2.24) is 5.32 Å². The molecule has 1 aliphatic rings. The lowest BCUT2D eigenvalue weighted by atomic mass is 9.93. The summed E-state index contributed by atoms with van der Waals surface area (Å²) in [4.78, 5) is 11.8. The van der Waals surface area contributed by atoms with Crippen molar-refractivity contribution in [2.75, 3.05) is 0 Å². The van der Waals surface area contributed by atoms with Crippen LogP contribution in [0.1, 0.15) is 24.8 Å². The van der Waals surface area contributed by atoms with E-state index in [1.54, 1.807) is 0 Å². The normalized spacial score (nSPS) is 19.4. The molecule has 1 N–H and O–H groups in total. The fourth-order valence-electron chi connectivity index (χ4n) is 1.96. The third kappa shape index (κ3) is 2.96. The van der Waals surface area contributed by atoms with Crippen molar-refractivity contribution >= 4 is 5.91 Å². The Labute approximate surface area is 96.4 Å². The average Bonchev–Trinajstić information content (AvgIpc) is 2.38. The van der Waals surface area contributed by atoms with E-state index >= 15 is 0 Å². The Hall–Kier alpha value is -1.57. The summed E-state index contributed by atoms with van der Waals surface area (Å²) in [6.07, 6.45) is 7.17. The molecule has 1 atom stereocenters. The topological polar surface area (TPSA) is 29.1 Å². The van der Waals surface area contributed by atoms with Crippen molar-refractivity contribution < 1.29 is 4.79 Å². The number of nitrogens with one attached hydrogen (secondary N) is 1. The van der Waals surface area contributed by atoms with Crippen LogP contribution >= 0.6 is 0 Å². The van der Waals surface area contributed by atoms with E-state index in [0.717, 1.165) is 24.8 Å². The second-order valence-electron chi connectivity index (χ2n) is 4.18. The first-order valence-corrected chi connectivity index (χ1v) is 5.83. The van der Waals surface area contributed by atoms with Gasteiger partial charge in [-0.25, -0.2) is 0 Å². The number of hydrogen-bond acceptors (Lipinski definition) is 1. The Morgan fingerprint density at radius 1 is 1.25 bits per heavy atom. The molecule has 1 aromatic rings. The first kappa shape index (κ1) is 10.9. The predicted octanol–water partition coefficient (Wildman–Crippen LogP) is 2.66. The molecule has 1 unspecified atom stereocenters. The smallest absolute Gasteiger partial charge is 0.223 e. The van der Waals surface area contributed by atoms with E-state index in [9.17, 15) is 4.79 Å². The molecule has 84 valence electrons. The average molecular weight is 215 g/mol. The van der Waals surface area contributed by atoms with Crippen LogP contribution in [0.2, 0.25) is 0 Å². The van der Waals surface area contributed by atoms with Crippen LogP contribution in [0.3, 0.4) is 0 Å². The number of rotatable bonds is 3. The van der Waals surface area contributed by atoms with Crippen molar-refractivity contribution in [3.05, 3.63) is 48.0 Å². The van der Waals surface area contributed by atoms with Gasteiger partial charge in [0.15, 0.2) is 0 Å². The highest BCUT2D eigenvalue weighted by Crippen LogP contribution is 2.18. The molecular weight excluding hydrogens is 198 g/mol. The highest BCUT2D eigenvalue weighted by atomic mass is 16.1. The monoisotopic (exact) mass is 215 g/mol. The fourth-order valence-corrected chi connectivity index (χ4v) is 1.96. The highest BCUT2D eigenvalue weighted by Gasteiger charge is 2.17. The summed E-state index contributed by atoms with van der Waals surface area (Å²) in [6.45, 7) is 0.639. The Balaban J connectivity index is 1.82. The van der Waals surface area contributed by atoms with Gasteiger partial charge in [0.05, 0.1) is 0 Å². The van der Waals surface area contributed by atoms with Crippen LogP contribution in [0.4, 0.5) is 0 Å². The maximum absolute atomic E-state index is 11.8. The molecule has 0 aromatic heterocycles. The van der Waals surface area contributed by atoms with Crippen molar-refractivity contribution in [3.8, 4) is 0 Å². The summed E-state index contributed by atoms with van der Waals surface area (Å²) < 4.78 is 0. The minimum Gasteiger partial charge on any atom is -0.352 e. The highest BCUT2D eigenvalue weighted by molar-refractivity contribution is 5.78. The molecule has 2 rings (SSSR count). The third-order valence-corrected chi connectivity index (χ3v) is 2.95. The maximum Gasteiger partial charge on any atom is 0.223 e. The Morgan fingerprint density at radius 3 is 2.75 bits per heavy atom. The third-order valence-electron chi connectivity index (χ3n) is 2.95. The van der Waals surface area contributed by atoms with Crippen molar-refractivity contribution in [1.29, 1.82) is 0 Å². The molecule has 2 nitrogen and oxygen atoms in total. The summed E-state index contributed by atoms with van der Waals surface area (Å²) in [5, 5.41) is 3.00. The van der Waals surface area contributed by atoms with Gasteiger partial charge < -0.3 is 5.32 Å². The molecule has 0 spiro atoms. The number of benzene rings is 1. The molecule has 1 amide bonds. The maximum atomic E-state index is 11.8. The summed E-state index contributed by atoms with van der Waals surface area (Å²) in [6, 6.07) is 10.0. The molecule has 1 aromatic carbocycles. The number of allylic oxidation sites excluding steroid dienone is 2. The molecule has 0 saturated carbocycles. The first-order valence-electron chi connectivity index (χ1n) is 5.83. The zero-order valence-corrected chi connectivity index (χ0v) is 9.36. The molecule has 0 bridgehead atoms. The first-order chi connectivity index (χ1) is 7.86. The predicted molar refractivity (Wildman–Crippen MR) is 64.8 cm³/mol. The van der Waals surface area contributed by atoms with Gasteiger partial charge in [-0.2, -0.15) is 0 Å². The number of amides is 1. The van der Waals surface area contributed by atoms with E-state index in [4.69, 9.17) is 0 Å². The fraction of sp³-hybridized carbons (Fsp3) is 0.357. The van der Waals surface area contributed by atoms with Gasteiger partial charge in [0, 0.05) is 12.5 Å². The van der Waals surface area contributed by atoms with Crippen LogP contribution in [0.15, 0.2) is 42.5 Å². The van der Waals surface area contributed by atoms with Gasteiger partial charge in [0.2, 0.25) is 5.91 Å². The van der Waals surface area contributed by atoms with Crippen LogP contribution in [0, 0.1) is 5.92 Å². The largest absolute Gasteiger partial charge is 0.352 e. The zero-order valence-electron chi connectivity index (χ0n) is 9.36. The summed E-state index contributed by atoms with van der Waals surface area (Å²) in [7, 11) is 0. The SMILES string of the molecule is O=C(NCc1ccccc1)C1CC=CCC1. The van der Waals surface area contributed by atoms with Crippen LogP contribution in [-0.2, 0) is 11.3 Å². The lowest BCUT2D eigenvalue weighted by molar-refractivity contribution is -0.125. The summed E-state index contributed by atoms with van der Waals surface area (Å²) in [5.74, 6) is 0.363. The van der Waals surface area contributed by atoms with E-state index in [1.165, 1.54) is 0 Å². The molecule has 0 aliphatic heterocycles. The standard InChI is InChI=1S/C14H17NO/c16-14(13-9-5-2-6-10-13)15-11-12-7-3-1-4-8-12/h1-5,7-8,13H,6,9-11H2,(H,15,16). The van der Waals surface area contributed by atoms with E-state index < -0.39 is 0 Å². The second kappa shape index (κ2) is 5.50. The molecule has 16 heavy (non-hydrogen) atoms. The molecule has 0 radical (unpaired) electrons. The van der Waals surface area contributed by atoms with Crippen molar-refractivity contribution in [3.63, 3.8) is 0 Å². The van der Waals surface area contributed by atoms with E-state index in [1.807, 2.05) is 30.3 Å². The summed E-state index contributed by atoms with van der Waals surface area (Å²) in [5.41, 5.74) is 1.15. The minimum atomic E-state index is 0.175. The summed E-state index contributed by atoms with van der Waals surface area (Å²) >= 11 is 0. The van der Waals surface area contributed by atoms with Crippen LogP contribution < -0.4 is 5.32 Å². The lowest BCUT2D eigenvalue weighted by Crippen LogP contribution is -2.30. The van der Waals surface area contributed by atoms with Crippen molar-refractivity contribution in [2.45, 2.75) is 25.8 Å². The number of carbonyl (C=O) groups excluding carboxylic acids is 1. The lowest BCUT2D eigenvalue weighted by Gasteiger charge is -2.17. The molecule has 0 saturated heterocycles. The van der Waals surface area contributed by atoms with Gasteiger partial charge >= 0.3 is 0 Å². The van der Waals surface area contributed by atoms with Gasteiger partial charge in [-0.05, 0) is 24.8 Å². The van der Waals surface area contributed by atoms with Crippen LogP contribution in [0.5, 0.6) is 0 Å². The van der Waals surface area contributed by atoms with E-state index in [-0.39, 0.29) is 11.8 Å². The van der Waals surface area contributed by atoms with Crippen molar-refractivity contribution in [2.24, 2.45) is 5.92 Å². The van der Waals surface area contributed by atoms with E-state index in [0.29, 0.717) is 6.54 Å².